The SMILES string of the molecule is CC(C)(C)OC(=O)CCCOc1cccc2c1C(=O)N(C1CCC(=O)NC1=O)C2=O. The molecule has 0 aliphatic carbocycles. The zero-order valence-electron chi connectivity index (χ0n) is 17.1. The Morgan fingerprint density at radius 3 is 2.57 bits per heavy atom. The van der Waals surface area contributed by atoms with Gasteiger partial charge in [-0.3, -0.25) is 34.2 Å². The summed E-state index contributed by atoms with van der Waals surface area (Å²) < 4.78 is 10.9. The van der Waals surface area contributed by atoms with Crippen molar-refractivity contribution >= 4 is 29.6 Å². The highest BCUT2D eigenvalue weighted by atomic mass is 16.6. The predicted molar refractivity (Wildman–Crippen MR) is 104 cm³/mol. The van der Waals surface area contributed by atoms with Crippen LogP contribution in [0.1, 0.15) is 67.2 Å². The maximum atomic E-state index is 12.9. The van der Waals surface area contributed by atoms with Gasteiger partial charge < -0.3 is 9.47 Å². The van der Waals surface area contributed by atoms with E-state index in [1.807, 2.05) is 0 Å². The van der Waals surface area contributed by atoms with Gasteiger partial charge in [0.1, 0.15) is 17.4 Å². The van der Waals surface area contributed by atoms with E-state index >= 15 is 0 Å². The number of rotatable bonds is 6. The number of carbonyl (C=O) groups excluding carboxylic acids is 5. The van der Waals surface area contributed by atoms with Crippen LogP contribution in [-0.2, 0) is 19.1 Å². The maximum Gasteiger partial charge on any atom is 0.306 e. The van der Waals surface area contributed by atoms with Crippen LogP contribution in [0.15, 0.2) is 18.2 Å². The highest BCUT2D eigenvalue weighted by molar-refractivity contribution is 6.24. The Balaban J connectivity index is 1.67. The Kier molecular flexibility index (Phi) is 5.91. The van der Waals surface area contributed by atoms with Gasteiger partial charge in [0.2, 0.25) is 11.8 Å². The second-order valence-electron chi connectivity index (χ2n) is 8.16. The van der Waals surface area contributed by atoms with Crippen molar-refractivity contribution in [2.24, 2.45) is 0 Å². The van der Waals surface area contributed by atoms with Gasteiger partial charge in [0.15, 0.2) is 0 Å². The molecule has 0 bridgehead atoms. The molecule has 1 atom stereocenters. The molecule has 1 N–H and O–H groups in total. The quantitative estimate of drug-likeness (QED) is 0.425. The first-order valence-electron chi connectivity index (χ1n) is 9.78. The Morgan fingerprint density at radius 2 is 1.90 bits per heavy atom. The van der Waals surface area contributed by atoms with Gasteiger partial charge in [0.25, 0.3) is 11.8 Å². The van der Waals surface area contributed by atoms with Gasteiger partial charge in [-0.15, -0.1) is 0 Å². The highest BCUT2D eigenvalue weighted by Crippen LogP contribution is 2.33. The second kappa shape index (κ2) is 8.25. The van der Waals surface area contributed by atoms with Crippen LogP contribution in [0.2, 0.25) is 0 Å². The standard InChI is InChI=1S/C21H24N2O7/c1-21(2,3)30-16(25)8-5-11-29-14-7-4-6-12-17(14)20(28)23(19(12)27)13-9-10-15(24)22-18(13)26/h4,6-7,13H,5,8-11H2,1-3H3,(H,22,24,26). The van der Waals surface area contributed by atoms with Gasteiger partial charge in [-0.25, -0.2) is 0 Å². The van der Waals surface area contributed by atoms with Crippen molar-refractivity contribution in [3.05, 3.63) is 29.3 Å². The molecular weight excluding hydrogens is 392 g/mol. The molecule has 1 saturated heterocycles. The zero-order valence-corrected chi connectivity index (χ0v) is 17.1. The van der Waals surface area contributed by atoms with Crippen molar-refractivity contribution in [1.29, 1.82) is 0 Å². The molecule has 2 aliphatic heterocycles. The summed E-state index contributed by atoms with van der Waals surface area (Å²) in [6, 6.07) is 3.61. The van der Waals surface area contributed by atoms with Crippen LogP contribution in [0.3, 0.4) is 0 Å². The van der Waals surface area contributed by atoms with Crippen LogP contribution in [0.25, 0.3) is 0 Å². The van der Waals surface area contributed by atoms with E-state index in [9.17, 15) is 24.0 Å². The lowest BCUT2D eigenvalue weighted by Crippen LogP contribution is -2.54. The fourth-order valence-corrected chi connectivity index (χ4v) is 3.40. The number of hydrogen-bond donors (Lipinski definition) is 1. The maximum absolute atomic E-state index is 12.9. The van der Waals surface area contributed by atoms with Gasteiger partial charge in [-0.1, -0.05) is 6.07 Å². The van der Waals surface area contributed by atoms with E-state index in [1.165, 1.54) is 6.07 Å². The van der Waals surface area contributed by atoms with Gasteiger partial charge in [-0.2, -0.15) is 0 Å². The summed E-state index contributed by atoms with van der Waals surface area (Å²) >= 11 is 0. The molecule has 2 aliphatic rings. The Labute approximate surface area is 173 Å². The number of fused-ring (bicyclic) bond motifs is 1. The molecule has 4 amide bonds. The summed E-state index contributed by atoms with van der Waals surface area (Å²) in [5.74, 6) is -2.46. The number of nitrogens with one attached hydrogen (secondary N) is 1. The number of nitrogens with zero attached hydrogens (tertiary/aromatic N) is 1. The second-order valence-corrected chi connectivity index (χ2v) is 8.16. The number of imide groups is 2. The molecule has 0 aromatic heterocycles. The largest absolute Gasteiger partial charge is 0.493 e. The molecule has 3 rings (SSSR count). The number of amides is 4. The van der Waals surface area contributed by atoms with Crippen LogP contribution in [0, 0.1) is 0 Å². The fraction of sp³-hybridized carbons (Fsp3) is 0.476. The lowest BCUT2D eigenvalue weighted by atomic mass is 10.0. The Morgan fingerprint density at radius 1 is 1.17 bits per heavy atom. The molecule has 160 valence electrons. The van der Waals surface area contributed by atoms with Gasteiger partial charge >= 0.3 is 5.97 Å². The van der Waals surface area contributed by atoms with Gasteiger partial charge in [0, 0.05) is 12.8 Å². The van der Waals surface area contributed by atoms with Crippen LogP contribution in [-0.4, -0.2) is 52.7 Å². The minimum Gasteiger partial charge on any atom is -0.493 e. The fourth-order valence-electron chi connectivity index (χ4n) is 3.40. The highest BCUT2D eigenvalue weighted by Gasteiger charge is 2.45. The summed E-state index contributed by atoms with van der Waals surface area (Å²) in [7, 11) is 0. The van der Waals surface area contributed by atoms with Crippen LogP contribution >= 0.6 is 0 Å². The van der Waals surface area contributed by atoms with E-state index in [-0.39, 0.29) is 48.7 Å². The molecule has 0 radical (unpaired) electrons. The minimum atomic E-state index is -1.03. The van der Waals surface area contributed by atoms with Crippen molar-refractivity contribution in [2.45, 2.75) is 58.1 Å². The number of carbonyl (C=O) groups is 5. The van der Waals surface area contributed by atoms with Crippen molar-refractivity contribution in [1.82, 2.24) is 10.2 Å². The van der Waals surface area contributed by atoms with E-state index in [2.05, 4.69) is 5.32 Å². The molecule has 0 saturated carbocycles. The smallest absolute Gasteiger partial charge is 0.306 e. The molecule has 1 aromatic rings. The lowest BCUT2D eigenvalue weighted by molar-refractivity contribution is -0.155. The third-order valence-corrected chi connectivity index (χ3v) is 4.63. The van der Waals surface area contributed by atoms with Crippen molar-refractivity contribution in [3.8, 4) is 5.75 Å². The normalized spacial score (nSPS) is 18.9. The van der Waals surface area contributed by atoms with Crippen LogP contribution in [0.5, 0.6) is 5.75 Å². The summed E-state index contributed by atoms with van der Waals surface area (Å²) in [5, 5.41) is 2.16. The van der Waals surface area contributed by atoms with Crippen molar-refractivity contribution < 1.29 is 33.4 Å². The van der Waals surface area contributed by atoms with Gasteiger partial charge in [-0.05, 0) is 45.7 Å². The first-order valence-corrected chi connectivity index (χ1v) is 9.78. The van der Waals surface area contributed by atoms with E-state index in [0.717, 1.165) is 4.90 Å². The van der Waals surface area contributed by atoms with Crippen LogP contribution < -0.4 is 10.1 Å². The van der Waals surface area contributed by atoms with E-state index in [4.69, 9.17) is 9.47 Å². The first kappa shape index (κ1) is 21.5. The zero-order chi connectivity index (χ0) is 22.1. The Bertz CT molecular complexity index is 916. The number of piperidine rings is 1. The van der Waals surface area contributed by atoms with Crippen molar-refractivity contribution in [3.63, 3.8) is 0 Å². The molecule has 30 heavy (non-hydrogen) atoms. The lowest BCUT2D eigenvalue weighted by Gasteiger charge is -2.27. The molecule has 9 nitrogen and oxygen atoms in total. The van der Waals surface area contributed by atoms with Crippen LogP contribution in [0.4, 0.5) is 0 Å². The number of esters is 1. The van der Waals surface area contributed by atoms with E-state index < -0.39 is 35.3 Å². The first-order chi connectivity index (χ1) is 14.1. The summed E-state index contributed by atoms with van der Waals surface area (Å²) in [6.45, 7) is 5.50. The molecular formula is C21H24N2O7. The summed E-state index contributed by atoms with van der Waals surface area (Å²) in [6.07, 6.45) is 0.666. The predicted octanol–water partition coefficient (Wildman–Crippen LogP) is 1.59. The monoisotopic (exact) mass is 416 g/mol. The number of hydrogen-bond acceptors (Lipinski definition) is 7. The summed E-state index contributed by atoms with van der Waals surface area (Å²) in [5.41, 5.74) is -0.330. The summed E-state index contributed by atoms with van der Waals surface area (Å²) in [4.78, 5) is 61.9. The molecule has 1 fully saturated rings. The average Bonchev–Trinajstić information content (AvgIpc) is 2.89. The molecule has 1 aromatic carbocycles. The van der Waals surface area contributed by atoms with E-state index in [0.29, 0.717) is 6.42 Å². The molecule has 9 heteroatoms. The third kappa shape index (κ3) is 4.50. The molecule has 1 unspecified atom stereocenters. The van der Waals surface area contributed by atoms with Gasteiger partial charge in [0.05, 0.1) is 17.7 Å². The third-order valence-electron chi connectivity index (χ3n) is 4.63. The van der Waals surface area contributed by atoms with E-state index in [1.54, 1.807) is 32.9 Å². The number of ether oxygens (including phenoxy) is 2. The Hall–Kier alpha value is -3.23. The minimum absolute atomic E-state index is 0.0534. The average molecular weight is 416 g/mol. The van der Waals surface area contributed by atoms with Crippen molar-refractivity contribution in [2.75, 3.05) is 6.61 Å². The topological polar surface area (TPSA) is 119 Å². The number of benzene rings is 1. The molecule has 0 spiro atoms. The molecule has 2 heterocycles.